The molecule has 2 aromatic carbocycles. The van der Waals surface area contributed by atoms with Crippen LogP contribution < -0.4 is 15.4 Å². The molecule has 0 aliphatic carbocycles. The summed E-state index contributed by atoms with van der Waals surface area (Å²) in [6, 6.07) is 15.3. The summed E-state index contributed by atoms with van der Waals surface area (Å²) < 4.78 is 5.14. The molecule has 1 aromatic heterocycles. The van der Waals surface area contributed by atoms with E-state index in [-0.39, 0.29) is 5.91 Å². The van der Waals surface area contributed by atoms with Gasteiger partial charge in [0.1, 0.15) is 23.1 Å². The minimum atomic E-state index is -0.246. The molecule has 144 valence electrons. The van der Waals surface area contributed by atoms with Crippen LogP contribution in [0.4, 0.5) is 11.5 Å². The largest absolute Gasteiger partial charge is 0.497 e. The van der Waals surface area contributed by atoms with Crippen molar-refractivity contribution < 1.29 is 9.53 Å². The van der Waals surface area contributed by atoms with E-state index in [1.807, 2.05) is 36.4 Å². The van der Waals surface area contributed by atoms with Crippen LogP contribution in [0.25, 0.3) is 0 Å². The molecule has 28 heavy (non-hydrogen) atoms. The third kappa shape index (κ3) is 4.85. The average molecular weight is 376 g/mol. The Hall–Kier alpha value is -3.41. The molecule has 6 heteroatoms. The van der Waals surface area contributed by atoms with Crippen molar-refractivity contribution in [2.75, 3.05) is 12.4 Å². The van der Waals surface area contributed by atoms with Gasteiger partial charge in [0.15, 0.2) is 0 Å². The maximum atomic E-state index is 12.5. The molecule has 6 nitrogen and oxygen atoms in total. The van der Waals surface area contributed by atoms with Gasteiger partial charge in [-0.3, -0.25) is 4.79 Å². The van der Waals surface area contributed by atoms with E-state index in [0.29, 0.717) is 23.9 Å². The molecule has 0 spiro atoms. The Morgan fingerprint density at radius 1 is 0.964 bits per heavy atom. The van der Waals surface area contributed by atoms with Gasteiger partial charge in [0, 0.05) is 18.3 Å². The highest BCUT2D eigenvalue weighted by molar-refractivity contribution is 5.93. The van der Waals surface area contributed by atoms with Gasteiger partial charge in [-0.15, -0.1) is 0 Å². The Morgan fingerprint density at radius 2 is 1.71 bits per heavy atom. The number of nitrogens with zero attached hydrogens (tertiary/aromatic N) is 2. The van der Waals surface area contributed by atoms with Crippen LogP contribution in [0, 0.1) is 20.8 Å². The molecule has 0 saturated carbocycles. The van der Waals surface area contributed by atoms with Crippen LogP contribution >= 0.6 is 0 Å². The molecule has 0 aliphatic heterocycles. The number of anilines is 2. The van der Waals surface area contributed by atoms with E-state index in [1.165, 1.54) is 11.1 Å². The highest BCUT2D eigenvalue weighted by Crippen LogP contribution is 2.19. The summed E-state index contributed by atoms with van der Waals surface area (Å²) in [7, 11) is 1.62. The first kappa shape index (κ1) is 19.4. The van der Waals surface area contributed by atoms with Crippen LogP contribution in [0.2, 0.25) is 0 Å². The monoisotopic (exact) mass is 376 g/mol. The predicted octanol–water partition coefficient (Wildman–Crippen LogP) is 4.08. The Morgan fingerprint density at radius 3 is 2.39 bits per heavy atom. The first-order chi connectivity index (χ1) is 13.4. The summed E-state index contributed by atoms with van der Waals surface area (Å²) in [6.45, 7) is 6.31. The summed E-state index contributed by atoms with van der Waals surface area (Å²) in [5, 5.41) is 6.14. The number of benzene rings is 2. The highest BCUT2D eigenvalue weighted by Gasteiger charge is 2.11. The van der Waals surface area contributed by atoms with Crippen molar-refractivity contribution in [3.63, 3.8) is 0 Å². The minimum Gasteiger partial charge on any atom is -0.497 e. The second-order valence-electron chi connectivity index (χ2n) is 6.64. The number of nitrogens with one attached hydrogen (secondary N) is 2. The molecule has 0 saturated heterocycles. The summed E-state index contributed by atoms with van der Waals surface area (Å²) >= 11 is 0. The molecule has 0 atom stereocenters. The smallest absolute Gasteiger partial charge is 0.270 e. The highest BCUT2D eigenvalue weighted by atomic mass is 16.5. The number of aryl methyl sites for hydroxylation is 3. The lowest BCUT2D eigenvalue weighted by molar-refractivity contribution is 0.0945. The van der Waals surface area contributed by atoms with Gasteiger partial charge in [-0.05, 0) is 61.7 Å². The van der Waals surface area contributed by atoms with Crippen LogP contribution in [0.3, 0.4) is 0 Å². The third-order valence-electron chi connectivity index (χ3n) is 4.46. The molecule has 1 heterocycles. The lowest BCUT2D eigenvalue weighted by Crippen LogP contribution is -2.24. The molecular weight excluding hydrogens is 352 g/mol. The molecule has 2 N–H and O–H groups in total. The number of carbonyl (C=O) groups excluding carboxylic acids is 1. The Kier molecular flexibility index (Phi) is 5.89. The summed E-state index contributed by atoms with van der Waals surface area (Å²) in [5.74, 6) is 1.65. The number of amides is 1. The fraction of sp³-hybridized carbons (Fsp3) is 0.227. The first-order valence-electron chi connectivity index (χ1n) is 9.05. The molecule has 0 fully saturated rings. The van der Waals surface area contributed by atoms with E-state index in [0.717, 1.165) is 17.0 Å². The SMILES string of the molecule is COc1ccc(CNC(=O)c2cc(Nc3ccc(C)c(C)c3)nc(C)n2)cc1. The van der Waals surface area contributed by atoms with Gasteiger partial charge in [0.25, 0.3) is 5.91 Å². The zero-order valence-corrected chi connectivity index (χ0v) is 16.5. The van der Waals surface area contributed by atoms with E-state index in [4.69, 9.17) is 4.74 Å². The maximum Gasteiger partial charge on any atom is 0.270 e. The Balaban J connectivity index is 1.70. The van der Waals surface area contributed by atoms with E-state index in [9.17, 15) is 4.79 Å². The van der Waals surface area contributed by atoms with Crippen molar-refractivity contribution in [3.8, 4) is 5.75 Å². The number of aromatic nitrogens is 2. The van der Waals surface area contributed by atoms with Gasteiger partial charge in [0.2, 0.25) is 0 Å². The number of ether oxygens (including phenoxy) is 1. The standard InChI is InChI=1S/C22H24N4O2/c1-14-5-8-18(11-15(14)2)26-21-12-20(24-16(3)25-21)22(27)23-13-17-6-9-19(28-4)10-7-17/h5-12H,13H2,1-4H3,(H,23,27)(H,24,25,26). The Labute approximate surface area is 165 Å². The first-order valence-corrected chi connectivity index (χ1v) is 9.05. The van der Waals surface area contributed by atoms with Crippen LogP contribution in [-0.4, -0.2) is 23.0 Å². The topological polar surface area (TPSA) is 76.1 Å². The Bertz CT molecular complexity index is 984. The van der Waals surface area contributed by atoms with Gasteiger partial charge >= 0.3 is 0 Å². The van der Waals surface area contributed by atoms with Crippen LogP contribution in [0.5, 0.6) is 5.75 Å². The molecule has 0 bridgehead atoms. The van der Waals surface area contributed by atoms with Crippen LogP contribution in [0.1, 0.15) is 33.0 Å². The van der Waals surface area contributed by atoms with Gasteiger partial charge < -0.3 is 15.4 Å². The van der Waals surface area contributed by atoms with E-state index >= 15 is 0 Å². The normalized spacial score (nSPS) is 10.4. The number of hydrogen-bond acceptors (Lipinski definition) is 5. The predicted molar refractivity (Wildman–Crippen MR) is 110 cm³/mol. The fourth-order valence-corrected chi connectivity index (χ4v) is 2.73. The minimum absolute atomic E-state index is 0.246. The van der Waals surface area contributed by atoms with Crippen LogP contribution in [0.15, 0.2) is 48.5 Å². The van der Waals surface area contributed by atoms with Crippen LogP contribution in [-0.2, 0) is 6.54 Å². The lowest BCUT2D eigenvalue weighted by atomic mass is 10.1. The van der Waals surface area contributed by atoms with Crippen molar-refractivity contribution in [1.82, 2.24) is 15.3 Å². The van der Waals surface area contributed by atoms with Crippen molar-refractivity contribution in [1.29, 1.82) is 0 Å². The molecular formula is C22H24N4O2. The third-order valence-corrected chi connectivity index (χ3v) is 4.46. The zero-order chi connectivity index (χ0) is 20.1. The van der Waals surface area contributed by atoms with E-state index in [2.05, 4.69) is 40.5 Å². The zero-order valence-electron chi connectivity index (χ0n) is 16.5. The molecule has 0 aliphatic rings. The van der Waals surface area contributed by atoms with Crippen molar-refractivity contribution in [2.24, 2.45) is 0 Å². The summed E-state index contributed by atoms with van der Waals surface area (Å²) in [4.78, 5) is 21.2. The number of hydrogen-bond donors (Lipinski definition) is 2. The maximum absolute atomic E-state index is 12.5. The van der Waals surface area contributed by atoms with E-state index in [1.54, 1.807) is 20.1 Å². The average Bonchev–Trinajstić information content (AvgIpc) is 2.69. The molecule has 3 aromatic rings. The molecule has 3 rings (SSSR count). The van der Waals surface area contributed by atoms with E-state index < -0.39 is 0 Å². The number of methoxy groups -OCH3 is 1. The second kappa shape index (κ2) is 8.52. The second-order valence-corrected chi connectivity index (χ2v) is 6.64. The molecule has 0 radical (unpaired) electrons. The molecule has 0 unspecified atom stereocenters. The number of rotatable bonds is 6. The van der Waals surface area contributed by atoms with Gasteiger partial charge in [-0.25, -0.2) is 9.97 Å². The van der Waals surface area contributed by atoms with Gasteiger partial charge in [-0.1, -0.05) is 18.2 Å². The molecule has 1 amide bonds. The number of carbonyl (C=O) groups is 1. The summed E-state index contributed by atoms with van der Waals surface area (Å²) in [5.41, 5.74) is 4.64. The van der Waals surface area contributed by atoms with Gasteiger partial charge in [-0.2, -0.15) is 0 Å². The fourth-order valence-electron chi connectivity index (χ4n) is 2.73. The van der Waals surface area contributed by atoms with Crippen molar-refractivity contribution in [3.05, 3.63) is 76.7 Å². The lowest BCUT2D eigenvalue weighted by Gasteiger charge is -2.11. The van der Waals surface area contributed by atoms with Crippen molar-refractivity contribution in [2.45, 2.75) is 27.3 Å². The van der Waals surface area contributed by atoms with Gasteiger partial charge in [0.05, 0.1) is 7.11 Å². The summed E-state index contributed by atoms with van der Waals surface area (Å²) in [6.07, 6.45) is 0. The quantitative estimate of drug-likeness (QED) is 0.678. The van der Waals surface area contributed by atoms with Crippen molar-refractivity contribution >= 4 is 17.4 Å².